The fraction of sp³-hybridized carbons (Fsp3) is 0.364. The van der Waals surface area contributed by atoms with Gasteiger partial charge >= 0.3 is 5.97 Å². The van der Waals surface area contributed by atoms with Crippen LogP contribution in [-0.4, -0.2) is 49.6 Å². The number of rotatable bonds is 3. The number of hydrogen-bond acceptors (Lipinski definition) is 4. The van der Waals surface area contributed by atoms with Gasteiger partial charge in [0, 0.05) is 16.6 Å². The Balaban J connectivity index is 2.44. The Morgan fingerprint density at radius 3 is 2.45 bits per heavy atom. The minimum atomic E-state index is -4.00. The first-order valence-corrected chi connectivity index (χ1v) is 7.80. The number of aliphatic carboxylic acids is 1. The Labute approximate surface area is 125 Å². The van der Waals surface area contributed by atoms with Crippen LogP contribution in [0, 0.1) is 0 Å². The van der Waals surface area contributed by atoms with Crippen LogP contribution in [0.5, 0.6) is 0 Å². The normalized spacial score (nSPS) is 20.8. The zero-order chi connectivity index (χ0) is 14.9. The molecule has 110 valence electrons. The number of carboxylic acid groups (broad SMARTS) is 1. The van der Waals surface area contributed by atoms with E-state index in [1.54, 1.807) is 0 Å². The molecule has 1 saturated heterocycles. The molecule has 1 unspecified atom stereocenters. The lowest BCUT2D eigenvalue weighted by atomic mass is 10.3. The maximum absolute atomic E-state index is 12.5. The highest BCUT2D eigenvalue weighted by molar-refractivity contribution is 7.89. The van der Waals surface area contributed by atoms with Crippen LogP contribution in [0.3, 0.4) is 0 Å². The second-order valence-electron chi connectivity index (χ2n) is 4.15. The van der Waals surface area contributed by atoms with Crippen molar-refractivity contribution in [3.63, 3.8) is 0 Å². The van der Waals surface area contributed by atoms with E-state index in [1.807, 2.05) is 0 Å². The number of morpholine rings is 1. The summed E-state index contributed by atoms with van der Waals surface area (Å²) in [5.74, 6) is -1.26. The molecule has 0 bridgehead atoms. The van der Waals surface area contributed by atoms with Crippen LogP contribution in [0.4, 0.5) is 0 Å². The van der Waals surface area contributed by atoms with E-state index < -0.39 is 22.0 Å². The molecule has 1 heterocycles. The van der Waals surface area contributed by atoms with Gasteiger partial charge < -0.3 is 9.84 Å². The Kier molecular flexibility index (Phi) is 4.55. The van der Waals surface area contributed by atoms with Gasteiger partial charge in [0.15, 0.2) is 0 Å². The Hall–Kier alpha value is -0.860. The third kappa shape index (κ3) is 3.07. The summed E-state index contributed by atoms with van der Waals surface area (Å²) in [6, 6.07) is 2.61. The number of halogens is 2. The number of carbonyl (C=O) groups is 1. The van der Waals surface area contributed by atoms with Crippen LogP contribution in [0.1, 0.15) is 0 Å². The van der Waals surface area contributed by atoms with Gasteiger partial charge in [0.05, 0.1) is 18.1 Å². The molecule has 1 fully saturated rings. The number of benzene rings is 1. The molecule has 0 radical (unpaired) electrons. The van der Waals surface area contributed by atoms with Crippen LogP contribution in [0.15, 0.2) is 23.1 Å². The van der Waals surface area contributed by atoms with E-state index >= 15 is 0 Å². The lowest BCUT2D eigenvalue weighted by Crippen LogP contribution is -2.52. The smallest absolute Gasteiger partial charge is 0.324 e. The van der Waals surface area contributed by atoms with Crippen LogP contribution < -0.4 is 0 Å². The van der Waals surface area contributed by atoms with E-state index in [4.69, 9.17) is 33.0 Å². The molecule has 0 amide bonds. The first kappa shape index (κ1) is 15.5. The van der Waals surface area contributed by atoms with Crippen molar-refractivity contribution in [2.45, 2.75) is 10.9 Å². The van der Waals surface area contributed by atoms with Crippen molar-refractivity contribution >= 4 is 39.2 Å². The average molecular weight is 340 g/mol. The van der Waals surface area contributed by atoms with E-state index in [2.05, 4.69) is 0 Å². The fourth-order valence-corrected chi connectivity index (χ4v) is 4.16. The summed E-state index contributed by atoms with van der Waals surface area (Å²) in [6.45, 7) is -0.0936. The van der Waals surface area contributed by atoms with Crippen LogP contribution in [0.25, 0.3) is 0 Å². The van der Waals surface area contributed by atoms with Crippen LogP contribution >= 0.6 is 23.2 Å². The second-order valence-corrected chi connectivity index (χ2v) is 6.91. The van der Waals surface area contributed by atoms with E-state index in [0.717, 1.165) is 4.31 Å². The minimum Gasteiger partial charge on any atom is -0.480 e. The van der Waals surface area contributed by atoms with E-state index in [-0.39, 0.29) is 34.7 Å². The van der Waals surface area contributed by atoms with E-state index in [0.29, 0.717) is 0 Å². The summed E-state index contributed by atoms with van der Waals surface area (Å²) in [5, 5.41) is 9.42. The lowest BCUT2D eigenvalue weighted by Gasteiger charge is -2.31. The van der Waals surface area contributed by atoms with Gasteiger partial charge in [-0.25, -0.2) is 8.42 Å². The monoisotopic (exact) mass is 339 g/mol. The first-order chi connectivity index (χ1) is 9.32. The molecular formula is C11H11Cl2NO5S. The molecule has 1 aromatic carbocycles. The third-order valence-corrected chi connectivity index (χ3v) is 5.13. The predicted molar refractivity (Wildman–Crippen MR) is 72.6 cm³/mol. The van der Waals surface area contributed by atoms with Gasteiger partial charge in [-0.15, -0.1) is 0 Å². The minimum absolute atomic E-state index is 0.0383. The van der Waals surface area contributed by atoms with Gasteiger partial charge in [0.25, 0.3) is 0 Å². The Morgan fingerprint density at radius 1 is 1.30 bits per heavy atom. The average Bonchev–Trinajstić information content (AvgIpc) is 2.37. The third-order valence-electron chi connectivity index (χ3n) is 2.81. The van der Waals surface area contributed by atoms with Crippen molar-refractivity contribution in [1.29, 1.82) is 0 Å². The SMILES string of the molecule is O=C(O)C1COCCN1S(=O)(=O)c1cc(Cl)cc(Cl)c1. The van der Waals surface area contributed by atoms with Crippen molar-refractivity contribution in [1.82, 2.24) is 4.31 Å². The van der Waals surface area contributed by atoms with Crippen molar-refractivity contribution < 1.29 is 23.1 Å². The highest BCUT2D eigenvalue weighted by Crippen LogP contribution is 2.26. The van der Waals surface area contributed by atoms with Crippen molar-refractivity contribution in [2.24, 2.45) is 0 Å². The first-order valence-electron chi connectivity index (χ1n) is 5.61. The molecule has 1 aliphatic heterocycles. The summed E-state index contributed by atoms with van der Waals surface area (Å²) in [7, 11) is -4.00. The molecule has 0 aromatic heterocycles. The topological polar surface area (TPSA) is 83.9 Å². The van der Waals surface area contributed by atoms with Crippen molar-refractivity contribution in [2.75, 3.05) is 19.8 Å². The van der Waals surface area contributed by atoms with Crippen molar-refractivity contribution in [3.8, 4) is 0 Å². The Bertz CT molecular complexity index is 613. The molecule has 0 saturated carbocycles. The van der Waals surface area contributed by atoms with Gasteiger partial charge in [0.2, 0.25) is 10.0 Å². The number of carboxylic acids is 1. The standard InChI is InChI=1S/C11H11Cl2NO5S/c12-7-3-8(13)5-9(4-7)20(17,18)14-1-2-19-6-10(14)11(15)16/h3-5,10H,1-2,6H2,(H,15,16). The maximum atomic E-state index is 12.5. The summed E-state index contributed by atoms with van der Waals surface area (Å²) in [4.78, 5) is 11.0. The number of sulfonamides is 1. The lowest BCUT2D eigenvalue weighted by molar-refractivity contribution is -0.146. The largest absolute Gasteiger partial charge is 0.480 e. The summed E-state index contributed by atoms with van der Waals surface area (Å²) in [5.41, 5.74) is 0. The number of nitrogens with zero attached hydrogens (tertiary/aromatic N) is 1. The Morgan fingerprint density at radius 2 is 1.90 bits per heavy atom. The zero-order valence-corrected chi connectivity index (χ0v) is 12.5. The molecule has 20 heavy (non-hydrogen) atoms. The molecule has 0 spiro atoms. The second kappa shape index (κ2) is 5.87. The number of ether oxygens (including phenoxy) is 1. The molecule has 1 aromatic rings. The zero-order valence-electron chi connectivity index (χ0n) is 10.1. The van der Waals surface area contributed by atoms with Crippen molar-refractivity contribution in [3.05, 3.63) is 28.2 Å². The van der Waals surface area contributed by atoms with E-state index in [1.165, 1.54) is 18.2 Å². The van der Waals surface area contributed by atoms with Gasteiger partial charge in [-0.2, -0.15) is 4.31 Å². The molecule has 9 heteroatoms. The molecule has 6 nitrogen and oxygen atoms in total. The fourth-order valence-electron chi connectivity index (χ4n) is 1.88. The summed E-state index contributed by atoms with van der Waals surface area (Å²) >= 11 is 11.6. The molecule has 1 N–H and O–H groups in total. The highest BCUT2D eigenvalue weighted by Gasteiger charge is 2.38. The van der Waals surface area contributed by atoms with Gasteiger partial charge in [0.1, 0.15) is 6.04 Å². The highest BCUT2D eigenvalue weighted by atomic mass is 35.5. The molecule has 2 rings (SSSR count). The van der Waals surface area contributed by atoms with E-state index in [9.17, 15) is 13.2 Å². The van der Waals surface area contributed by atoms with Crippen LogP contribution in [0.2, 0.25) is 10.0 Å². The molecule has 0 aliphatic carbocycles. The summed E-state index contributed by atoms with van der Waals surface area (Å²) in [6.07, 6.45) is 0. The maximum Gasteiger partial charge on any atom is 0.324 e. The summed E-state index contributed by atoms with van der Waals surface area (Å²) < 4.78 is 30.9. The molecule has 1 atom stereocenters. The molecular weight excluding hydrogens is 329 g/mol. The van der Waals surface area contributed by atoms with Gasteiger partial charge in [-0.3, -0.25) is 4.79 Å². The van der Waals surface area contributed by atoms with Gasteiger partial charge in [-0.05, 0) is 18.2 Å². The number of hydrogen-bond donors (Lipinski definition) is 1. The molecule has 1 aliphatic rings. The van der Waals surface area contributed by atoms with Crippen LogP contribution in [-0.2, 0) is 19.6 Å². The van der Waals surface area contributed by atoms with Gasteiger partial charge in [-0.1, -0.05) is 23.2 Å². The predicted octanol–water partition coefficient (Wildman–Crippen LogP) is 1.47. The quantitative estimate of drug-likeness (QED) is 0.901.